The van der Waals surface area contributed by atoms with E-state index in [0.29, 0.717) is 54.7 Å². The fraction of sp³-hybridized carbons (Fsp3) is 0.379. The average molecular weight is 544 g/mol. The van der Waals surface area contributed by atoms with Crippen molar-refractivity contribution in [2.75, 3.05) is 31.6 Å². The maximum Gasteiger partial charge on any atom is 0.196 e. The molecule has 40 heavy (non-hydrogen) atoms. The number of fused-ring (bicyclic) bond motifs is 3. The highest BCUT2D eigenvalue weighted by molar-refractivity contribution is 5.84. The zero-order valence-corrected chi connectivity index (χ0v) is 22.0. The molecule has 7 rings (SSSR count). The molecule has 4 aromatic heterocycles. The van der Waals surface area contributed by atoms with Gasteiger partial charge in [-0.2, -0.15) is 0 Å². The lowest BCUT2D eigenvalue weighted by Crippen LogP contribution is -2.21. The van der Waals surface area contributed by atoms with Gasteiger partial charge in [-0.25, -0.2) is 19.3 Å². The van der Waals surface area contributed by atoms with Gasteiger partial charge in [0.2, 0.25) is 0 Å². The monoisotopic (exact) mass is 543 g/mol. The first-order valence-electron chi connectivity index (χ1n) is 13.8. The van der Waals surface area contributed by atoms with Gasteiger partial charge < -0.3 is 29.1 Å². The highest BCUT2D eigenvalue weighted by Crippen LogP contribution is 2.37. The fourth-order valence-electron chi connectivity index (χ4n) is 5.04. The number of oxazole rings is 1. The SMILES string of the molecule is Fc1cccnc1CNc1nccc2oc(CCNCCc3nc4cc5c(cc4n3CC3CC3)OCCO5)nc12. The zero-order chi connectivity index (χ0) is 26.9. The van der Waals surface area contributed by atoms with E-state index in [1.54, 1.807) is 24.5 Å². The Morgan fingerprint density at radius 3 is 2.67 bits per heavy atom. The molecule has 2 N–H and O–H groups in total. The molecule has 1 aliphatic carbocycles. The lowest BCUT2D eigenvalue weighted by atomic mass is 10.2. The molecule has 2 aliphatic rings. The van der Waals surface area contributed by atoms with Crippen molar-refractivity contribution < 1.29 is 18.3 Å². The first-order chi connectivity index (χ1) is 19.7. The number of pyridine rings is 2. The maximum absolute atomic E-state index is 13.9. The molecule has 5 aromatic rings. The van der Waals surface area contributed by atoms with Crippen molar-refractivity contribution in [2.24, 2.45) is 5.92 Å². The van der Waals surface area contributed by atoms with Gasteiger partial charge in [0, 0.05) is 63.1 Å². The van der Waals surface area contributed by atoms with E-state index in [4.69, 9.17) is 18.9 Å². The smallest absolute Gasteiger partial charge is 0.196 e. The van der Waals surface area contributed by atoms with Crippen LogP contribution in [-0.2, 0) is 25.9 Å². The summed E-state index contributed by atoms with van der Waals surface area (Å²) in [5.41, 5.74) is 3.65. The van der Waals surface area contributed by atoms with Crippen LogP contribution in [0.2, 0.25) is 0 Å². The summed E-state index contributed by atoms with van der Waals surface area (Å²) in [6.45, 7) is 3.83. The molecule has 0 unspecified atom stereocenters. The van der Waals surface area contributed by atoms with E-state index in [1.807, 2.05) is 6.07 Å². The second kappa shape index (κ2) is 10.7. The Bertz CT molecular complexity index is 1660. The molecule has 10 nitrogen and oxygen atoms in total. The Hall–Kier alpha value is -4.25. The minimum absolute atomic E-state index is 0.205. The van der Waals surface area contributed by atoms with Crippen LogP contribution in [0.5, 0.6) is 11.5 Å². The quantitative estimate of drug-likeness (QED) is 0.236. The average Bonchev–Trinajstić information content (AvgIpc) is 3.60. The normalized spacial score (nSPS) is 14.7. The summed E-state index contributed by atoms with van der Waals surface area (Å²) >= 11 is 0. The fourth-order valence-corrected chi connectivity index (χ4v) is 5.04. The van der Waals surface area contributed by atoms with Gasteiger partial charge in [0.15, 0.2) is 34.3 Å². The van der Waals surface area contributed by atoms with E-state index in [9.17, 15) is 4.39 Å². The molecule has 0 atom stereocenters. The van der Waals surface area contributed by atoms with Gasteiger partial charge in [-0.3, -0.25) is 4.98 Å². The number of nitrogens with zero attached hydrogens (tertiary/aromatic N) is 5. The van der Waals surface area contributed by atoms with Crippen molar-refractivity contribution in [2.45, 2.75) is 38.8 Å². The Morgan fingerprint density at radius 2 is 1.82 bits per heavy atom. The molecule has 0 saturated heterocycles. The van der Waals surface area contributed by atoms with Crippen LogP contribution < -0.4 is 20.1 Å². The molecule has 1 fully saturated rings. The second-order valence-corrected chi connectivity index (χ2v) is 10.2. The molecule has 11 heteroatoms. The minimum Gasteiger partial charge on any atom is -0.486 e. The molecule has 206 valence electrons. The van der Waals surface area contributed by atoms with E-state index in [0.717, 1.165) is 53.8 Å². The van der Waals surface area contributed by atoms with Gasteiger partial charge in [-0.15, -0.1) is 0 Å². The van der Waals surface area contributed by atoms with Crippen LogP contribution in [0.25, 0.3) is 22.1 Å². The molecule has 1 aromatic carbocycles. The summed E-state index contributed by atoms with van der Waals surface area (Å²) in [6, 6.07) is 8.82. The molecular formula is C29H30FN7O3. The van der Waals surface area contributed by atoms with Gasteiger partial charge >= 0.3 is 0 Å². The number of aromatic nitrogens is 5. The van der Waals surface area contributed by atoms with Crippen molar-refractivity contribution in [3.05, 3.63) is 66.0 Å². The summed E-state index contributed by atoms with van der Waals surface area (Å²) in [5, 5.41) is 6.63. The van der Waals surface area contributed by atoms with Gasteiger partial charge in [0.05, 0.1) is 23.3 Å². The van der Waals surface area contributed by atoms with Crippen molar-refractivity contribution >= 4 is 28.0 Å². The van der Waals surface area contributed by atoms with Gasteiger partial charge in [-0.1, -0.05) is 0 Å². The van der Waals surface area contributed by atoms with Crippen LogP contribution in [0.3, 0.4) is 0 Å². The third-order valence-corrected chi connectivity index (χ3v) is 7.28. The van der Waals surface area contributed by atoms with Crippen molar-refractivity contribution in [3.8, 4) is 11.5 Å². The second-order valence-electron chi connectivity index (χ2n) is 10.2. The molecule has 1 aliphatic heterocycles. The number of anilines is 1. The minimum atomic E-state index is -0.362. The summed E-state index contributed by atoms with van der Waals surface area (Å²) in [7, 11) is 0. The molecule has 0 amide bonds. The number of benzene rings is 1. The summed E-state index contributed by atoms with van der Waals surface area (Å²) in [4.78, 5) is 18.0. The van der Waals surface area contributed by atoms with Crippen LogP contribution >= 0.6 is 0 Å². The summed E-state index contributed by atoms with van der Waals surface area (Å²) in [6.07, 6.45) is 7.20. The van der Waals surface area contributed by atoms with Crippen molar-refractivity contribution in [1.82, 2.24) is 29.8 Å². The van der Waals surface area contributed by atoms with E-state index in [2.05, 4.69) is 36.2 Å². The largest absolute Gasteiger partial charge is 0.486 e. The molecule has 0 spiro atoms. The highest BCUT2D eigenvalue weighted by atomic mass is 19.1. The zero-order valence-electron chi connectivity index (χ0n) is 22.0. The molecule has 0 radical (unpaired) electrons. The predicted molar refractivity (Wildman–Crippen MR) is 147 cm³/mol. The van der Waals surface area contributed by atoms with Crippen LogP contribution in [0.1, 0.15) is 30.3 Å². The number of rotatable bonds is 11. The van der Waals surface area contributed by atoms with E-state index >= 15 is 0 Å². The topological polar surface area (TPSA) is 112 Å². The van der Waals surface area contributed by atoms with Crippen LogP contribution in [0.4, 0.5) is 10.2 Å². The van der Waals surface area contributed by atoms with Crippen molar-refractivity contribution in [3.63, 3.8) is 0 Å². The Balaban J connectivity index is 0.978. The number of hydrogen-bond donors (Lipinski definition) is 2. The summed E-state index contributed by atoms with van der Waals surface area (Å²) in [5.74, 6) is 4.18. The summed E-state index contributed by atoms with van der Waals surface area (Å²) < 4.78 is 33.8. The van der Waals surface area contributed by atoms with E-state index in [-0.39, 0.29) is 12.4 Å². The van der Waals surface area contributed by atoms with E-state index in [1.165, 1.54) is 18.9 Å². The lowest BCUT2D eigenvalue weighted by Gasteiger charge is -2.18. The van der Waals surface area contributed by atoms with Crippen molar-refractivity contribution in [1.29, 1.82) is 0 Å². The predicted octanol–water partition coefficient (Wildman–Crippen LogP) is 4.27. The highest BCUT2D eigenvalue weighted by Gasteiger charge is 2.25. The first-order valence-corrected chi connectivity index (χ1v) is 13.8. The Kier molecular flexibility index (Phi) is 6.64. The molecule has 0 bridgehead atoms. The third kappa shape index (κ3) is 5.16. The molecule has 1 saturated carbocycles. The van der Waals surface area contributed by atoms with Gasteiger partial charge in [0.25, 0.3) is 0 Å². The number of hydrogen-bond acceptors (Lipinski definition) is 9. The van der Waals surface area contributed by atoms with Gasteiger partial charge in [0.1, 0.15) is 24.9 Å². The number of halogens is 1. The first kappa shape index (κ1) is 24.8. The third-order valence-electron chi connectivity index (χ3n) is 7.28. The Labute approximate surface area is 229 Å². The standard InChI is InChI=1S/C29H30FN7O3/c30-19-2-1-8-32-21(19)16-34-29-28-23(5-11-33-29)40-27(36-28)7-10-31-9-6-26-35-20-14-24-25(39-13-12-38-24)15-22(20)37(26)17-18-3-4-18/h1-2,5,8,11,14-15,18,31H,3-4,6-7,9-10,12-13,16-17H2,(H,33,34). The number of imidazole rings is 1. The van der Waals surface area contributed by atoms with Crippen LogP contribution in [0.15, 0.2) is 47.1 Å². The molecular weight excluding hydrogens is 513 g/mol. The Morgan fingerprint density at radius 1 is 0.975 bits per heavy atom. The number of nitrogens with one attached hydrogen (secondary N) is 2. The molecule has 5 heterocycles. The van der Waals surface area contributed by atoms with E-state index < -0.39 is 0 Å². The lowest BCUT2D eigenvalue weighted by molar-refractivity contribution is 0.172. The maximum atomic E-state index is 13.9. The number of ether oxygens (including phenoxy) is 2. The van der Waals surface area contributed by atoms with Crippen LogP contribution in [0, 0.1) is 11.7 Å². The van der Waals surface area contributed by atoms with Crippen LogP contribution in [-0.4, -0.2) is 50.8 Å². The van der Waals surface area contributed by atoms with Gasteiger partial charge in [-0.05, 0) is 30.9 Å².